The van der Waals surface area contributed by atoms with Gasteiger partial charge in [0, 0.05) is 50.3 Å². The zero-order chi connectivity index (χ0) is 18.7. The van der Waals surface area contributed by atoms with Gasteiger partial charge in [-0.15, -0.1) is 0 Å². The second kappa shape index (κ2) is 7.89. The number of fused-ring (bicyclic) bond motifs is 1. The van der Waals surface area contributed by atoms with Crippen LogP contribution in [0, 0.1) is 5.92 Å². The van der Waals surface area contributed by atoms with Crippen molar-refractivity contribution < 1.29 is 9.90 Å². The monoisotopic (exact) mass is 366 g/mol. The van der Waals surface area contributed by atoms with E-state index >= 15 is 0 Å². The van der Waals surface area contributed by atoms with Gasteiger partial charge >= 0.3 is 0 Å². The Kier molecular flexibility index (Phi) is 5.35. The Bertz CT molecular complexity index is 743. The van der Waals surface area contributed by atoms with E-state index in [0.29, 0.717) is 13.0 Å². The second-order valence-corrected chi connectivity index (χ2v) is 8.33. The topological polar surface area (TPSA) is 45.5 Å². The molecule has 2 fully saturated rings. The summed E-state index contributed by atoms with van der Waals surface area (Å²) >= 11 is 0. The molecule has 4 rings (SSSR count). The van der Waals surface area contributed by atoms with Crippen molar-refractivity contribution in [3.8, 4) is 0 Å². The highest BCUT2D eigenvalue weighted by Crippen LogP contribution is 2.40. The minimum Gasteiger partial charge on any atom is -0.389 e. The van der Waals surface area contributed by atoms with E-state index in [0.717, 1.165) is 38.8 Å². The van der Waals surface area contributed by atoms with Gasteiger partial charge in [-0.2, -0.15) is 0 Å². The van der Waals surface area contributed by atoms with Crippen molar-refractivity contribution in [3.05, 3.63) is 60.4 Å². The number of piperidine rings is 1. The Labute approximate surface area is 161 Å². The molecule has 1 N–H and O–H groups in total. The Balaban J connectivity index is 1.45. The van der Waals surface area contributed by atoms with Crippen molar-refractivity contribution in [1.29, 1.82) is 0 Å². The van der Waals surface area contributed by atoms with E-state index in [4.69, 9.17) is 0 Å². The van der Waals surface area contributed by atoms with Crippen LogP contribution in [0.1, 0.15) is 50.0 Å². The molecule has 3 atom stereocenters. The number of hydrogen-bond donors (Lipinski definition) is 1. The number of carbonyl (C=O) groups is 1. The summed E-state index contributed by atoms with van der Waals surface area (Å²) in [4.78, 5) is 15.1. The zero-order valence-electron chi connectivity index (χ0n) is 16.0. The van der Waals surface area contributed by atoms with E-state index in [9.17, 15) is 9.90 Å². The van der Waals surface area contributed by atoms with Crippen LogP contribution >= 0.6 is 0 Å². The van der Waals surface area contributed by atoms with Gasteiger partial charge in [0.2, 0.25) is 5.91 Å². The van der Waals surface area contributed by atoms with Crippen LogP contribution in [0.15, 0.2) is 54.9 Å². The molecule has 2 aromatic rings. The van der Waals surface area contributed by atoms with E-state index in [1.807, 2.05) is 35.2 Å². The number of nitrogens with zero attached hydrogens (tertiary/aromatic N) is 2. The first-order valence-corrected chi connectivity index (χ1v) is 10.3. The Morgan fingerprint density at radius 1 is 1.11 bits per heavy atom. The molecule has 27 heavy (non-hydrogen) atoms. The molecular formula is C23H30N2O2. The Morgan fingerprint density at radius 3 is 2.67 bits per heavy atom. The summed E-state index contributed by atoms with van der Waals surface area (Å²) in [6, 6.07) is 14.4. The lowest BCUT2D eigenvalue weighted by Gasteiger charge is -2.47. The molecule has 1 aromatic heterocycles. The first kappa shape index (κ1) is 18.3. The normalized spacial score (nSPS) is 26.4. The van der Waals surface area contributed by atoms with Crippen molar-refractivity contribution in [2.45, 2.75) is 56.6 Å². The number of carbonyl (C=O) groups excluding carboxylic acids is 1. The highest BCUT2D eigenvalue weighted by atomic mass is 16.3. The predicted octanol–water partition coefficient (Wildman–Crippen LogP) is 3.82. The lowest BCUT2D eigenvalue weighted by molar-refractivity contribution is -0.143. The fourth-order valence-corrected chi connectivity index (χ4v) is 4.90. The first-order chi connectivity index (χ1) is 13.1. The molecule has 1 aliphatic carbocycles. The lowest BCUT2D eigenvalue weighted by atomic mass is 9.71. The third kappa shape index (κ3) is 4.11. The second-order valence-electron chi connectivity index (χ2n) is 8.33. The molecule has 3 unspecified atom stereocenters. The maximum absolute atomic E-state index is 13.1. The number of aliphatic hydroxyl groups is 1. The molecule has 1 amide bonds. The summed E-state index contributed by atoms with van der Waals surface area (Å²) in [5.74, 6) is 0.644. The first-order valence-electron chi connectivity index (χ1n) is 10.3. The molecule has 4 nitrogen and oxygen atoms in total. The highest BCUT2D eigenvalue weighted by molar-refractivity contribution is 5.77. The number of hydrogen-bond acceptors (Lipinski definition) is 2. The summed E-state index contributed by atoms with van der Waals surface area (Å²) in [6.07, 6.45) is 9.62. The van der Waals surface area contributed by atoms with E-state index < -0.39 is 5.60 Å². The number of aromatic nitrogens is 1. The quantitative estimate of drug-likeness (QED) is 0.874. The van der Waals surface area contributed by atoms with Crippen LogP contribution in [0.2, 0.25) is 0 Å². The van der Waals surface area contributed by atoms with Gasteiger partial charge in [-0.3, -0.25) is 4.79 Å². The van der Waals surface area contributed by atoms with E-state index in [1.165, 1.54) is 12.0 Å². The molecule has 1 saturated carbocycles. The molecular weight excluding hydrogens is 336 g/mol. The van der Waals surface area contributed by atoms with Gasteiger partial charge in [-0.1, -0.05) is 43.2 Å². The number of rotatable bonds is 5. The van der Waals surface area contributed by atoms with E-state index in [1.54, 1.807) is 0 Å². The maximum atomic E-state index is 13.1. The van der Waals surface area contributed by atoms with Gasteiger partial charge in [-0.25, -0.2) is 0 Å². The summed E-state index contributed by atoms with van der Waals surface area (Å²) in [7, 11) is 0. The van der Waals surface area contributed by atoms with Gasteiger partial charge in [0.05, 0.1) is 5.60 Å². The van der Waals surface area contributed by atoms with Crippen LogP contribution < -0.4 is 0 Å². The van der Waals surface area contributed by atoms with Crippen LogP contribution in [0.5, 0.6) is 0 Å². The van der Waals surface area contributed by atoms with Crippen LogP contribution in [-0.4, -0.2) is 39.2 Å². The van der Waals surface area contributed by atoms with Crippen LogP contribution in [-0.2, 0) is 11.3 Å². The maximum Gasteiger partial charge on any atom is 0.223 e. The van der Waals surface area contributed by atoms with Crippen molar-refractivity contribution in [1.82, 2.24) is 9.47 Å². The van der Waals surface area contributed by atoms with Gasteiger partial charge in [0.15, 0.2) is 0 Å². The van der Waals surface area contributed by atoms with Crippen LogP contribution in [0.3, 0.4) is 0 Å². The molecule has 144 valence electrons. The molecule has 0 spiro atoms. The molecule has 1 aliphatic heterocycles. The number of amides is 1. The van der Waals surface area contributed by atoms with Crippen LogP contribution in [0.25, 0.3) is 0 Å². The summed E-state index contributed by atoms with van der Waals surface area (Å²) < 4.78 is 2.15. The van der Waals surface area contributed by atoms with Gasteiger partial charge in [0.1, 0.15) is 0 Å². The summed E-state index contributed by atoms with van der Waals surface area (Å²) in [5, 5.41) is 10.9. The predicted molar refractivity (Wildman–Crippen MR) is 106 cm³/mol. The third-order valence-electron chi connectivity index (χ3n) is 6.57. The van der Waals surface area contributed by atoms with Gasteiger partial charge in [-0.05, 0) is 37.0 Å². The third-order valence-corrected chi connectivity index (χ3v) is 6.57. The number of benzene rings is 1. The Morgan fingerprint density at radius 2 is 1.89 bits per heavy atom. The van der Waals surface area contributed by atoms with Crippen molar-refractivity contribution in [2.24, 2.45) is 5.92 Å². The lowest BCUT2D eigenvalue weighted by Crippen LogP contribution is -2.54. The Hall–Kier alpha value is -2.07. The van der Waals surface area contributed by atoms with Crippen molar-refractivity contribution >= 4 is 5.91 Å². The summed E-state index contributed by atoms with van der Waals surface area (Å²) in [5.41, 5.74) is 0.685. The van der Waals surface area contributed by atoms with Crippen molar-refractivity contribution in [3.63, 3.8) is 0 Å². The zero-order valence-corrected chi connectivity index (χ0v) is 16.0. The van der Waals surface area contributed by atoms with Gasteiger partial charge in [0.25, 0.3) is 0 Å². The standard InChI is InChI=1S/C23H30N2O2/c26-22(25-15-12-23(27)11-5-4-10-21(23)18-25)16-20(17-24-13-6-7-14-24)19-8-2-1-3-9-19/h1-3,6-9,13-14,20-21,27H,4-5,10-12,15-18H2. The highest BCUT2D eigenvalue weighted by Gasteiger charge is 2.43. The van der Waals surface area contributed by atoms with Gasteiger partial charge < -0.3 is 14.6 Å². The fourth-order valence-electron chi connectivity index (χ4n) is 4.90. The largest absolute Gasteiger partial charge is 0.389 e. The minimum atomic E-state index is -0.529. The average Bonchev–Trinajstić information content (AvgIpc) is 3.20. The SMILES string of the molecule is O=C(CC(Cn1cccc1)c1ccccc1)N1CCC2(O)CCCCC2C1. The average molecular weight is 367 g/mol. The van der Waals surface area contributed by atoms with E-state index in [2.05, 4.69) is 29.1 Å². The number of likely N-dealkylation sites (tertiary alicyclic amines) is 1. The minimum absolute atomic E-state index is 0.165. The molecule has 0 radical (unpaired) electrons. The molecule has 1 aromatic carbocycles. The molecule has 0 bridgehead atoms. The molecule has 1 saturated heterocycles. The van der Waals surface area contributed by atoms with E-state index in [-0.39, 0.29) is 17.7 Å². The molecule has 4 heteroatoms. The fraction of sp³-hybridized carbons (Fsp3) is 0.522. The molecule has 2 aliphatic rings. The smallest absolute Gasteiger partial charge is 0.223 e. The van der Waals surface area contributed by atoms with Crippen molar-refractivity contribution in [2.75, 3.05) is 13.1 Å². The van der Waals surface area contributed by atoms with Crippen LogP contribution in [0.4, 0.5) is 0 Å². The molecule has 2 heterocycles. The summed E-state index contributed by atoms with van der Waals surface area (Å²) in [6.45, 7) is 2.22.